The molecule has 2 N–H and O–H groups in total. The molecule has 32 heavy (non-hydrogen) atoms. The molecule has 1 saturated heterocycles. The Balaban J connectivity index is 1.40. The number of anilines is 2. The molecule has 2 aromatic rings. The lowest BCUT2D eigenvalue weighted by molar-refractivity contribution is -0.133. The van der Waals surface area contributed by atoms with E-state index < -0.39 is 0 Å². The Morgan fingerprint density at radius 2 is 1.72 bits per heavy atom. The monoisotopic (exact) mass is 438 g/mol. The van der Waals surface area contributed by atoms with E-state index in [1.54, 1.807) is 19.2 Å². The van der Waals surface area contributed by atoms with Gasteiger partial charge in [-0.2, -0.15) is 0 Å². The quantitative estimate of drug-likeness (QED) is 0.658. The number of likely N-dealkylation sites (N-methyl/N-ethyl adjacent to an activating group) is 1. The van der Waals surface area contributed by atoms with E-state index in [1.807, 2.05) is 43.3 Å². The average molecular weight is 439 g/mol. The highest BCUT2D eigenvalue weighted by Gasteiger charge is 2.15. The summed E-state index contributed by atoms with van der Waals surface area (Å²) in [7, 11) is 1.58. The fraction of sp³-hybridized carbons (Fsp3) is 0.375. The van der Waals surface area contributed by atoms with Gasteiger partial charge < -0.3 is 25.2 Å². The fourth-order valence-corrected chi connectivity index (χ4v) is 3.48. The first-order valence-electron chi connectivity index (χ1n) is 10.7. The van der Waals surface area contributed by atoms with Crippen molar-refractivity contribution < 1.29 is 19.1 Å². The molecule has 0 aliphatic carbocycles. The first-order chi connectivity index (χ1) is 15.4. The van der Waals surface area contributed by atoms with Crippen molar-refractivity contribution in [3.8, 4) is 0 Å². The Morgan fingerprint density at radius 1 is 1.03 bits per heavy atom. The molecule has 0 radical (unpaired) electrons. The molecule has 0 bridgehead atoms. The van der Waals surface area contributed by atoms with Crippen molar-refractivity contribution in [2.24, 2.45) is 0 Å². The third kappa shape index (κ3) is 6.55. The number of nitrogens with one attached hydrogen (secondary N) is 2. The van der Waals surface area contributed by atoms with Crippen molar-refractivity contribution in [2.75, 3.05) is 56.7 Å². The predicted octanol–water partition coefficient (Wildman–Crippen LogP) is 2.05. The summed E-state index contributed by atoms with van der Waals surface area (Å²) in [6, 6.07) is 14.9. The number of carbonyl (C=O) groups excluding carboxylic acids is 3. The zero-order valence-electron chi connectivity index (χ0n) is 18.6. The molecule has 3 amide bonds. The van der Waals surface area contributed by atoms with Crippen LogP contribution in [0.25, 0.3) is 0 Å². The molecule has 1 aliphatic heterocycles. The number of morpholine rings is 1. The van der Waals surface area contributed by atoms with E-state index in [2.05, 4.69) is 15.5 Å². The summed E-state index contributed by atoms with van der Waals surface area (Å²) in [5.74, 6) is -0.700. The Labute approximate surface area is 188 Å². The molecule has 1 fully saturated rings. The number of hydrogen-bond acceptors (Lipinski definition) is 5. The van der Waals surface area contributed by atoms with Crippen molar-refractivity contribution in [2.45, 2.75) is 13.3 Å². The Bertz CT molecular complexity index is 939. The summed E-state index contributed by atoms with van der Waals surface area (Å²) < 4.78 is 5.36. The van der Waals surface area contributed by atoms with Crippen LogP contribution in [0.3, 0.4) is 0 Å². The molecular formula is C24H30N4O4. The number of rotatable bonds is 8. The average Bonchev–Trinajstić information content (AvgIpc) is 2.80. The van der Waals surface area contributed by atoms with Crippen LogP contribution in [0, 0.1) is 6.92 Å². The third-order valence-corrected chi connectivity index (χ3v) is 5.35. The minimum Gasteiger partial charge on any atom is -0.378 e. The molecule has 0 atom stereocenters. The second-order valence-electron chi connectivity index (χ2n) is 7.77. The second-order valence-corrected chi connectivity index (χ2v) is 7.77. The lowest BCUT2D eigenvalue weighted by Gasteiger charge is -2.28. The lowest BCUT2D eigenvalue weighted by Crippen LogP contribution is -2.37. The van der Waals surface area contributed by atoms with Crippen LogP contribution in [0.1, 0.15) is 22.3 Å². The minimum absolute atomic E-state index is 0.0597. The van der Waals surface area contributed by atoms with Crippen LogP contribution in [0.5, 0.6) is 0 Å². The minimum atomic E-state index is -0.274. The van der Waals surface area contributed by atoms with E-state index in [9.17, 15) is 14.4 Å². The number of benzene rings is 2. The number of ether oxygens (including phenoxy) is 1. The van der Waals surface area contributed by atoms with Crippen LogP contribution in [0.4, 0.5) is 11.4 Å². The molecule has 1 aliphatic rings. The molecule has 2 aromatic carbocycles. The molecule has 0 aromatic heterocycles. The maximum atomic E-state index is 12.3. The largest absolute Gasteiger partial charge is 0.378 e. The van der Waals surface area contributed by atoms with Crippen LogP contribution in [-0.2, 0) is 14.3 Å². The van der Waals surface area contributed by atoms with E-state index in [1.165, 1.54) is 4.90 Å². The molecule has 1 heterocycles. The van der Waals surface area contributed by atoms with E-state index in [0.29, 0.717) is 24.5 Å². The summed E-state index contributed by atoms with van der Waals surface area (Å²) in [6.07, 6.45) is 0.121. The van der Waals surface area contributed by atoms with Crippen molar-refractivity contribution in [3.05, 3.63) is 59.7 Å². The Kier molecular flexibility index (Phi) is 8.21. The highest BCUT2D eigenvalue weighted by atomic mass is 16.5. The molecule has 3 rings (SSSR count). The summed E-state index contributed by atoms with van der Waals surface area (Å²) in [6.45, 7) is 5.15. The highest BCUT2D eigenvalue weighted by molar-refractivity contribution is 5.96. The van der Waals surface area contributed by atoms with Gasteiger partial charge >= 0.3 is 0 Å². The van der Waals surface area contributed by atoms with Crippen molar-refractivity contribution in [1.29, 1.82) is 0 Å². The van der Waals surface area contributed by atoms with Crippen molar-refractivity contribution in [1.82, 2.24) is 10.2 Å². The Hall–Kier alpha value is -3.39. The standard InChI is InChI=1S/C24H30N4O4/c1-18-5-3-4-6-21(18)24(31)25-12-11-23(30)27(2)17-22(29)26-19-7-9-20(10-8-19)28-13-15-32-16-14-28/h3-10H,11-17H2,1-2H3,(H,25,31)(H,26,29). The summed E-state index contributed by atoms with van der Waals surface area (Å²) in [5.41, 5.74) is 3.24. The lowest BCUT2D eigenvalue weighted by atomic mass is 10.1. The normalized spacial score (nSPS) is 13.4. The van der Waals surface area contributed by atoms with E-state index in [0.717, 1.165) is 24.3 Å². The maximum Gasteiger partial charge on any atom is 0.251 e. The number of nitrogens with zero attached hydrogens (tertiary/aromatic N) is 2. The Morgan fingerprint density at radius 3 is 2.41 bits per heavy atom. The highest BCUT2D eigenvalue weighted by Crippen LogP contribution is 2.19. The van der Waals surface area contributed by atoms with Gasteiger partial charge in [-0.3, -0.25) is 14.4 Å². The zero-order valence-corrected chi connectivity index (χ0v) is 18.6. The number of amides is 3. The van der Waals surface area contributed by atoms with Gasteiger partial charge in [-0.05, 0) is 42.8 Å². The summed E-state index contributed by atoms with van der Waals surface area (Å²) >= 11 is 0. The van der Waals surface area contributed by atoms with E-state index in [4.69, 9.17) is 4.74 Å². The maximum absolute atomic E-state index is 12.3. The van der Waals surface area contributed by atoms with E-state index in [-0.39, 0.29) is 37.2 Å². The molecular weight excluding hydrogens is 408 g/mol. The van der Waals surface area contributed by atoms with Crippen LogP contribution in [-0.4, -0.2) is 69.1 Å². The molecule has 170 valence electrons. The third-order valence-electron chi connectivity index (χ3n) is 5.35. The van der Waals surface area contributed by atoms with Gasteiger partial charge in [-0.15, -0.1) is 0 Å². The van der Waals surface area contributed by atoms with Gasteiger partial charge in [-0.1, -0.05) is 18.2 Å². The van der Waals surface area contributed by atoms with Crippen molar-refractivity contribution in [3.63, 3.8) is 0 Å². The van der Waals surface area contributed by atoms with Gasteiger partial charge in [0.15, 0.2) is 0 Å². The molecule has 8 nitrogen and oxygen atoms in total. The van der Waals surface area contributed by atoms with Gasteiger partial charge in [0.2, 0.25) is 11.8 Å². The van der Waals surface area contributed by atoms with Gasteiger partial charge in [-0.25, -0.2) is 0 Å². The number of aryl methyl sites for hydroxylation is 1. The van der Waals surface area contributed by atoms with Crippen LogP contribution in [0.2, 0.25) is 0 Å². The second kappa shape index (κ2) is 11.3. The van der Waals surface area contributed by atoms with Gasteiger partial charge in [0.25, 0.3) is 5.91 Å². The smallest absolute Gasteiger partial charge is 0.251 e. The topological polar surface area (TPSA) is 91.0 Å². The molecule has 0 unspecified atom stereocenters. The van der Waals surface area contributed by atoms with Crippen molar-refractivity contribution >= 4 is 29.1 Å². The SMILES string of the molecule is Cc1ccccc1C(=O)NCCC(=O)N(C)CC(=O)Nc1ccc(N2CCOCC2)cc1. The molecule has 0 spiro atoms. The first-order valence-corrected chi connectivity index (χ1v) is 10.7. The zero-order chi connectivity index (χ0) is 22.9. The van der Waals surface area contributed by atoms with E-state index >= 15 is 0 Å². The van der Waals surface area contributed by atoms with Gasteiger partial charge in [0, 0.05) is 50.0 Å². The predicted molar refractivity (Wildman–Crippen MR) is 124 cm³/mol. The summed E-state index contributed by atoms with van der Waals surface area (Å²) in [5, 5.41) is 5.57. The van der Waals surface area contributed by atoms with Gasteiger partial charge in [0.05, 0.1) is 19.8 Å². The number of carbonyl (C=O) groups is 3. The molecule has 0 saturated carbocycles. The van der Waals surface area contributed by atoms with Crippen LogP contribution >= 0.6 is 0 Å². The van der Waals surface area contributed by atoms with Crippen LogP contribution < -0.4 is 15.5 Å². The first kappa shape index (κ1) is 23.3. The molecule has 8 heteroatoms. The van der Waals surface area contributed by atoms with Crippen LogP contribution in [0.15, 0.2) is 48.5 Å². The number of hydrogen-bond donors (Lipinski definition) is 2. The fourth-order valence-electron chi connectivity index (χ4n) is 3.48. The summed E-state index contributed by atoms with van der Waals surface area (Å²) in [4.78, 5) is 40.4. The van der Waals surface area contributed by atoms with Gasteiger partial charge in [0.1, 0.15) is 0 Å².